The van der Waals surface area contributed by atoms with Crippen LogP contribution in [0.25, 0.3) is 0 Å². The maximum Gasteiger partial charge on any atom is 0.251 e. The number of nitrogens with zero attached hydrogens (tertiary/aromatic N) is 1. The first-order chi connectivity index (χ1) is 14.6. The Labute approximate surface area is 185 Å². The van der Waals surface area contributed by atoms with Crippen LogP contribution in [0.2, 0.25) is 5.02 Å². The van der Waals surface area contributed by atoms with Crippen molar-refractivity contribution in [1.29, 1.82) is 0 Å². The predicted molar refractivity (Wildman–Crippen MR) is 123 cm³/mol. The molecule has 0 saturated heterocycles. The highest BCUT2D eigenvalue weighted by atomic mass is 35.5. The molecule has 1 N–H and O–H groups in total. The molecule has 1 heterocycles. The van der Waals surface area contributed by atoms with Crippen LogP contribution in [0.1, 0.15) is 34.8 Å². The Kier molecular flexibility index (Phi) is 6.11. The summed E-state index contributed by atoms with van der Waals surface area (Å²) < 4.78 is 5.35. The maximum atomic E-state index is 12.8. The molecule has 0 saturated carbocycles. The molecule has 3 aromatic rings. The molecular formula is C24H21ClN2O2S. The molecule has 0 atom stereocenters. The number of carbonyl (C=O) groups excluding carboxylic acids is 1. The zero-order valence-electron chi connectivity index (χ0n) is 16.7. The van der Waals surface area contributed by atoms with Gasteiger partial charge in [0, 0.05) is 43.8 Å². The monoisotopic (exact) mass is 436 g/mol. The SMILES string of the molecule is CCC1=Nc2cc(C(=O)NCc3ccccc3OC)ccc2Sc2ccc(Cl)cc21. The lowest BCUT2D eigenvalue weighted by molar-refractivity contribution is 0.0950. The highest BCUT2D eigenvalue weighted by Gasteiger charge is 2.18. The van der Waals surface area contributed by atoms with E-state index in [1.807, 2.05) is 60.7 Å². The van der Waals surface area contributed by atoms with E-state index in [1.54, 1.807) is 18.9 Å². The lowest BCUT2D eigenvalue weighted by Crippen LogP contribution is -2.23. The number of para-hydroxylation sites is 1. The molecule has 0 spiro atoms. The van der Waals surface area contributed by atoms with Crippen LogP contribution in [0.4, 0.5) is 5.69 Å². The second kappa shape index (κ2) is 8.94. The van der Waals surface area contributed by atoms with E-state index in [0.717, 1.165) is 44.5 Å². The Hall–Kier alpha value is -2.76. The van der Waals surface area contributed by atoms with Crippen LogP contribution in [0.3, 0.4) is 0 Å². The second-order valence-corrected chi connectivity index (χ2v) is 8.35. The lowest BCUT2D eigenvalue weighted by Gasteiger charge is -2.10. The number of rotatable bonds is 5. The standard InChI is InChI=1S/C24H21ClN2O2S/c1-3-19-18-13-17(25)9-11-22(18)30-23-10-8-15(12-20(23)27-19)24(28)26-14-16-6-4-5-7-21(16)29-2/h4-13H,3,14H2,1-2H3,(H,26,28). The molecule has 3 aromatic carbocycles. The van der Waals surface area contributed by atoms with E-state index in [0.29, 0.717) is 17.1 Å². The molecule has 0 fully saturated rings. The van der Waals surface area contributed by atoms with Crippen LogP contribution >= 0.6 is 23.4 Å². The Morgan fingerprint density at radius 2 is 1.90 bits per heavy atom. The molecule has 4 rings (SSSR count). The van der Waals surface area contributed by atoms with E-state index in [9.17, 15) is 4.79 Å². The van der Waals surface area contributed by atoms with E-state index in [1.165, 1.54) is 0 Å². The van der Waals surface area contributed by atoms with Gasteiger partial charge < -0.3 is 10.1 Å². The van der Waals surface area contributed by atoms with Gasteiger partial charge in [0.05, 0.1) is 12.8 Å². The first-order valence-electron chi connectivity index (χ1n) is 9.68. The van der Waals surface area contributed by atoms with Crippen molar-refractivity contribution in [3.05, 3.63) is 82.4 Å². The highest BCUT2D eigenvalue weighted by molar-refractivity contribution is 7.99. The quantitative estimate of drug-likeness (QED) is 0.512. The van der Waals surface area contributed by atoms with Crippen molar-refractivity contribution >= 4 is 40.7 Å². The minimum atomic E-state index is -0.147. The number of hydrogen-bond donors (Lipinski definition) is 1. The van der Waals surface area contributed by atoms with Crippen molar-refractivity contribution in [2.24, 2.45) is 4.99 Å². The van der Waals surface area contributed by atoms with Crippen molar-refractivity contribution in [3.63, 3.8) is 0 Å². The summed E-state index contributed by atoms with van der Waals surface area (Å²) in [5.74, 6) is 0.608. The van der Waals surface area contributed by atoms with Gasteiger partial charge in [0.1, 0.15) is 5.75 Å². The van der Waals surface area contributed by atoms with Gasteiger partial charge in [0.25, 0.3) is 5.91 Å². The van der Waals surface area contributed by atoms with Crippen molar-refractivity contribution < 1.29 is 9.53 Å². The molecular weight excluding hydrogens is 416 g/mol. The lowest BCUT2D eigenvalue weighted by atomic mass is 10.1. The van der Waals surface area contributed by atoms with Gasteiger partial charge >= 0.3 is 0 Å². The van der Waals surface area contributed by atoms with Crippen molar-refractivity contribution in [1.82, 2.24) is 5.32 Å². The Balaban J connectivity index is 1.60. The minimum Gasteiger partial charge on any atom is -0.496 e. The summed E-state index contributed by atoms with van der Waals surface area (Å²) in [6.45, 7) is 2.46. The Bertz CT molecular complexity index is 1140. The first-order valence-corrected chi connectivity index (χ1v) is 10.9. The van der Waals surface area contributed by atoms with Crippen molar-refractivity contribution in [3.8, 4) is 5.75 Å². The van der Waals surface area contributed by atoms with Crippen LogP contribution in [-0.2, 0) is 6.54 Å². The third-order valence-corrected chi connectivity index (χ3v) is 6.29. The van der Waals surface area contributed by atoms with Gasteiger partial charge in [-0.15, -0.1) is 0 Å². The van der Waals surface area contributed by atoms with Crippen LogP contribution in [0.5, 0.6) is 5.75 Å². The van der Waals surface area contributed by atoms with E-state index in [4.69, 9.17) is 21.3 Å². The van der Waals surface area contributed by atoms with Crippen LogP contribution in [-0.4, -0.2) is 18.7 Å². The largest absolute Gasteiger partial charge is 0.496 e. The molecule has 1 amide bonds. The zero-order chi connectivity index (χ0) is 21.1. The number of hydrogen-bond acceptors (Lipinski definition) is 4. The van der Waals surface area contributed by atoms with E-state index < -0.39 is 0 Å². The summed E-state index contributed by atoms with van der Waals surface area (Å²) in [5, 5.41) is 3.66. The van der Waals surface area contributed by atoms with Crippen molar-refractivity contribution in [2.45, 2.75) is 29.7 Å². The summed E-state index contributed by atoms with van der Waals surface area (Å²) in [6, 6.07) is 19.2. The van der Waals surface area contributed by atoms with Gasteiger partial charge in [-0.05, 0) is 48.9 Å². The van der Waals surface area contributed by atoms with Gasteiger partial charge in [0.15, 0.2) is 0 Å². The normalized spacial score (nSPS) is 12.3. The first kappa shape index (κ1) is 20.5. The zero-order valence-corrected chi connectivity index (χ0v) is 18.3. The average molecular weight is 437 g/mol. The van der Waals surface area contributed by atoms with Gasteiger partial charge in [-0.1, -0.05) is 48.5 Å². The third kappa shape index (κ3) is 4.23. The van der Waals surface area contributed by atoms with Crippen LogP contribution in [0, 0.1) is 0 Å². The third-order valence-electron chi connectivity index (χ3n) is 4.92. The summed E-state index contributed by atoms with van der Waals surface area (Å²) in [6.07, 6.45) is 0.775. The number of halogens is 1. The summed E-state index contributed by atoms with van der Waals surface area (Å²) in [5.41, 5.74) is 4.32. The molecule has 0 unspecified atom stereocenters. The summed E-state index contributed by atoms with van der Waals surface area (Å²) >= 11 is 7.86. The number of aliphatic imine (C=N–C) groups is 1. The fourth-order valence-corrected chi connectivity index (χ4v) is 4.55. The maximum absolute atomic E-state index is 12.8. The van der Waals surface area contributed by atoms with E-state index in [-0.39, 0.29) is 5.91 Å². The topological polar surface area (TPSA) is 50.7 Å². The van der Waals surface area contributed by atoms with E-state index in [2.05, 4.69) is 12.2 Å². The summed E-state index contributed by atoms with van der Waals surface area (Å²) in [7, 11) is 1.62. The number of nitrogens with one attached hydrogen (secondary N) is 1. The van der Waals surface area contributed by atoms with Gasteiger partial charge in [0.2, 0.25) is 0 Å². The minimum absolute atomic E-state index is 0.147. The average Bonchev–Trinajstić information content (AvgIpc) is 2.93. The Morgan fingerprint density at radius 3 is 2.70 bits per heavy atom. The number of benzene rings is 3. The molecule has 1 aliphatic rings. The van der Waals surface area contributed by atoms with Crippen LogP contribution in [0.15, 0.2) is 75.4 Å². The molecule has 0 bridgehead atoms. The molecule has 0 aliphatic carbocycles. The fourth-order valence-electron chi connectivity index (χ4n) is 3.37. The van der Waals surface area contributed by atoms with E-state index >= 15 is 0 Å². The molecule has 30 heavy (non-hydrogen) atoms. The van der Waals surface area contributed by atoms with Gasteiger partial charge in [-0.3, -0.25) is 9.79 Å². The molecule has 0 radical (unpaired) electrons. The fraction of sp³-hybridized carbons (Fsp3) is 0.167. The Morgan fingerprint density at radius 1 is 1.10 bits per heavy atom. The molecule has 6 heteroatoms. The number of methoxy groups -OCH3 is 1. The molecule has 1 aliphatic heterocycles. The highest BCUT2D eigenvalue weighted by Crippen LogP contribution is 2.41. The number of carbonyl (C=O) groups is 1. The predicted octanol–water partition coefficient (Wildman–Crippen LogP) is 6.27. The smallest absolute Gasteiger partial charge is 0.251 e. The van der Waals surface area contributed by atoms with Crippen molar-refractivity contribution in [2.75, 3.05) is 7.11 Å². The molecule has 152 valence electrons. The second-order valence-electron chi connectivity index (χ2n) is 6.83. The summed E-state index contributed by atoms with van der Waals surface area (Å²) in [4.78, 5) is 19.8. The number of amides is 1. The molecule has 4 nitrogen and oxygen atoms in total. The molecule has 0 aromatic heterocycles. The number of fused-ring (bicyclic) bond motifs is 2. The number of ether oxygens (including phenoxy) is 1. The van der Waals surface area contributed by atoms with Crippen LogP contribution < -0.4 is 10.1 Å². The van der Waals surface area contributed by atoms with Gasteiger partial charge in [-0.2, -0.15) is 0 Å². The van der Waals surface area contributed by atoms with Gasteiger partial charge in [-0.25, -0.2) is 0 Å².